The number of aromatic hydroxyl groups is 1. The summed E-state index contributed by atoms with van der Waals surface area (Å²) in [6.07, 6.45) is 4.76. The molecular formula is C16H11ClFN3O2. The molecule has 0 bridgehead atoms. The van der Waals surface area contributed by atoms with Crippen LogP contribution in [0.3, 0.4) is 0 Å². The third-order valence-electron chi connectivity index (χ3n) is 3.19. The molecule has 0 fully saturated rings. The van der Waals surface area contributed by atoms with Crippen LogP contribution in [0.1, 0.15) is 10.4 Å². The minimum absolute atomic E-state index is 0.00153. The average Bonchev–Trinajstić information content (AvgIpc) is 3.04. The summed E-state index contributed by atoms with van der Waals surface area (Å²) in [6.45, 7) is 0. The van der Waals surface area contributed by atoms with Gasteiger partial charge in [0.1, 0.15) is 11.6 Å². The fraction of sp³-hybridized carbons (Fsp3) is 0. The van der Waals surface area contributed by atoms with Crippen LogP contribution >= 0.6 is 11.6 Å². The van der Waals surface area contributed by atoms with Crippen molar-refractivity contribution in [1.29, 1.82) is 0 Å². The quantitative estimate of drug-likeness (QED) is 0.770. The highest BCUT2D eigenvalue weighted by Gasteiger charge is 2.15. The van der Waals surface area contributed by atoms with Gasteiger partial charge < -0.3 is 15.0 Å². The Morgan fingerprint density at radius 3 is 2.83 bits per heavy atom. The fourth-order valence-corrected chi connectivity index (χ4v) is 2.29. The van der Waals surface area contributed by atoms with Gasteiger partial charge >= 0.3 is 0 Å². The summed E-state index contributed by atoms with van der Waals surface area (Å²) in [5.41, 5.74) is 0.782. The molecule has 7 heteroatoms. The highest BCUT2D eigenvalue weighted by atomic mass is 35.5. The number of nitrogens with zero attached hydrogens (tertiary/aromatic N) is 2. The van der Waals surface area contributed by atoms with Crippen LogP contribution in [0.5, 0.6) is 5.75 Å². The molecule has 1 aromatic heterocycles. The fourth-order valence-electron chi connectivity index (χ4n) is 2.11. The number of carbonyl (C=O) groups is 1. The van der Waals surface area contributed by atoms with Gasteiger partial charge in [-0.1, -0.05) is 11.6 Å². The molecule has 0 saturated carbocycles. The number of benzene rings is 2. The van der Waals surface area contributed by atoms with Crippen molar-refractivity contribution in [3.8, 4) is 11.4 Å². The molecule has 1 amide bonds. The van der Waals surface area contributed by atoms with Gasteiger partial charge in [-0.3, -0.25) is 4.79 Å². The summed E-state index contributed by atoms with van der Waals surface area (Å²) >= 11 is 5.84. The van der Waals surface area contributed by atoms with E-state index in [1.807, 2.05) is 0 Å². The molecular weight excluding hydrogens is 321 g/mol. The Balaban J connectivity index is 1.98. The molecule has 116 valence electrons. The van der Waals surface area contributed by atoms with Crippen LogP contribution in [0.4, 0.5) is 10.1 Å². The van der Waals surface area contributed by atoms with Crippen LogP contribution in [0.2, 0.25) is 5.02 Å². The number of hydrogen-bond donors (Lipinski definition) is 2. The first-order chi connectivity index (χ1) is 11.0. The predicted octanol–water partition coefficient (Wildman–Crippen LogP) is 3.62. The van der Waals surface area contributed by atoms with E-state index in [1.165, 1.54) is 42.7 Å². The molecule has 23 heavy (non-hydrogen) atoms. The Hall–Kier alpha value is -2.86. The van der Waals surface area contributed by atoms with Crippen molar-refractivity contribution in [1.82, 2.24) is 9.55 Å². The van der Waals surface area contributed by atoms with Crippen LogP contribution in [0.15, 0.2) is 55.1 Å². The van der Waals surface area contributed by atoms with E-state index in [0.717, 1.165) is 0 Å². The van der Waals surface area contributed by atoms with Gasteiger partial charge in [-0.15, -0.1) is 0 Å². The molecule has 3 rings (SSSR count). The maximum absolute atomic E-state index is 13.5. The van der Waals surface area contributed by atoms with Crippen LogP contribution < -0.4 is 5.32 Å². The number of rotatable bonds is 3. The number of imidazole rings is 1. The van der Waals surface area contributed by atoms with E-state index in [9.17, 15) is 14.3 Å². The van der Waals surface area contributed by atoms with Crippen molar-refractivity contribution in [2.45, 2.75) is 0 Å². The van der Waals surface area contributed by atoms with Gasteiger partial charge in [-0.25, -0.2) is 9.37 Å². The van der Waals surface area contributed by atoms with Crippen molar-refractivity contribution in [3.63, 3.8) is 0 Å². The van der Waals surface area contributed by atoms with E-state index in [4.69, 9.17) is 11.6 Å². The molecule has 2 N–H and O–H groups in total. The van der Waals surface area contributed by atoms with Gasteiger partial charge in [0, 0.05) is 17.4 Å². The lowest BCUT2D eigenvalue weighted by Crippen LogP contribution is -2.14. The minimum atomic E-state index is -0.600. The lowest BCUT2D eigenvalue weighted by molar-refractivity contribution is 0.102. The predicted molar refractivity (Wildman–Crippen MR) is 84.6 cm³/mol. The van der Waals surface area contributed by atoms with Gasteiger partial charge in [-0.05, 0) is 36.4 Å². The smallest absolute Gasteiger partial charge is 0.259 e. The summed E-state index contributed by atoms with van der Waals surface area (Å²) in [7, 11) is 0. The maximum Gasteiger partial charge on any atom is 0.259 e. The summed E-state index contributed by atoms with van der Waals surface area (Å²) < 4.78 is 15.2. The van der Waals surface area contributed by atoms with Gasteiger partial charge in [0.25, 0.3) is 5.91 Å². The standard InChI is InChI=1S/C16H11ClFN3O2/c17-10-1-4-15(22)12(7-10)16(23)20-13-8-11(18)2-3-14(13)21-6-5-19-9-21/h1-9,22H,(H,20,23). The molecule has 0 saturated heterocycles. The first-order valence-electron chi connectivity index (χ1n) is 6.62. The molecule has 3 aromatic rings. The zero-order valence-corrected chi connectivity index (χ0v) is 12.5. The third-order valence-corrected chi connectivity index (χ3v) is 3.43. The highest BCUT2D eigenvalue weighted by molar-refractivity contribution is 6.31. The molecule has 2 aromatic carbocycles. The van der Waals surface area contributed by atoms with Crippen molar-refractivity contribution < 1.29 is 14.3 Å². The number of hydrogen-bond acceptors (Lipinski definition) is 3. The molecule has 0 aliphatic heterocycles. The van der Waals surface area contributed by atoms with Gasteiger partial charge in [0.2, 0.25) is 0 Å². The number of phenolic OH excluding ortho intramolecular Hbond substituents is 1. The second-order valence-corrected chi connectivity index (χ2v) is 5.18. The zero-order valence-electron chi connectivity index (χ0n) is 11.7. The second kappa shape index (κ2) is 6.10. The zero-order chi connectivity index (χ0) is 16.4. The number of halogens is 2. The minimum Gasteiger partial charge on any atom is -0.507 e. The lowest BCUT2D eigenvalue weighted by Gasteiger charge is -2.12. The molecule has 0 radical (unpaired) electrons. The Bertz CT molecular complexity index is 866. The first kappa shape index (κ1) is 15.1. The molecule has 0 spiro atoms. The van der Waals surface area contributed by atoms with Crippen LogP contribution in [-0.2, 0) is 0 Å². The average molecular weight is 332 g/mol. The Kier molecular flexibility index (Phi) is 3.99. The van der Waals surface area contributed by atoms with E-state index >= 15 is 0 Å². The van der Waals surface area contributed by atoms with Crippen molar-refractivity contribution in [2.24, 2.45) is 0 Å². The molecule has 0 atom stereocenters. The van der Waals surface area contributed by atoms with E-state index in [1.54, 1.807) is 17.0 Å². The van der Waals surface area contributed by atoms with Crippen molar-refractivity contribution in [2.75, 3.05) is 5.32 Å². The number of aromatic nitrogens is 2. The molecule has 1 heterocycles. The number of nitrogens with one attached hydrogen (secondary N) is 1. The lowest BCUT2D eigenvalue weighted by atomic mass is 10.1. The summed E-state index contributed by atoms with van der Waals surface area (Å²) in [5, 5.41) is 12.7. The van der Waals surface area contributed by atoms with E-state index in [2.05, 4.69) is 10.3 Å². The maximum atomic E-state index is 13.5. The van der Waals surface area contributed by atoms with Gasteiger partial charge in [-0.2, -0.15) is 0 Å². The van der Waals surface area contributed by atoms with Crippen LogP contribution in [-0.4, -0.2) is 20.6 Å². The van der Waals surface area contributed by atoms with Gasteiger partial charge in [0.15, 0.2) is 0 Å². The Morgan fingerprint density at radius 2 is 2.09 bits per heavy atom. The highest BCUT2D eigenvalue weighted by Crippen LogP contribution is 2.25. The van der Waals surface area contributed by atoms with E-state index in [0.29, 0.717) is 10.7 Å². The third kappa shape index (κ3) is 3.17. The first-order valence-corrected chi connectivity index (χ1v) is 7.00. The summed E-state index contributed by atoms with van der Waals surface area (Å²) in [5.74, 6) is -1.32. The molecule has 5 nitrogen and oxygen atoms in total. The summed E-state index contributed by atoms with van der Waals surface area (Å²) in [6, 6.07) is 8.11. The van der Waals surface area contributed by atoms with Crippen LogP contribution in [0, 0.1) is 5.82 Å². The van der Waals surface area contributed by atoms with Crippen molar-refractivity contribution >= 4 is 23.2 Å². The number of carbonyl (C=O) groups excluding carboxylic acids is 1. The Morgan fingerprint density at radius 1 is 1.26 bits per heavy atom. The topological polar surface area (TPSA) is 67.2 Å². The van der Waals surface area contributed by atoms with Crippen molar-refractivity contribution in [3.05, 3.63) is 71.5 Å². The number of amides is 1. The van der Waals surface area contributed by atoms with E-state index < -0.39 is 11.7 Å². The van der Waals surface area contributed by atoms with Gasteiger partial charge in [0.05, 0.1) is 23.3 Å². The molecule has 0 unspecified atom stereocenters. The largest absolute Gasteiger partial charge is 0.507 e. The molecule has 0 aliphatic rings. The van der Waals surface area contributed by atoms with Crippen LogP contribution in [0.25, 0.3) is 5.69 Å². The number of phenols is 1. The monoisotopic (exact) mass is 331 g/mol. The number of anilines is 1. The normalized spacial score (nSPS) is 10.5. The Labute approximate surface area is 136 Å². The van der Waals surface area contributed by atoms with E-state index in [-0.39, 0.29) is 17.0 Å². The second-order valence-electron chi connectivity index (χ2n) is 4.75. The molecule has 0 aliphatic carbocycles. The summed E-state index contributed by atoms with van der Waals surface area (Å²) in [4.78, 5) is 16.3. The SMILES string of the molecule is O=C(Nc1cc(F)ccc1-n1ccnc1)c1cc(Cl)ccc1O.